The van der Waals surface area contributed by atoms with E-state index in [2.05, 4.69) is 10.3 Å². The molecule has 0 aliphatic carbocycles. The van der Waals surface area contributed by atoms with Gasteiger partial charge >= 0.3 is 0 Å². The number of nitrogens with one attached hydrogen (secondary N) is 1. The molecule has 1 N–H and O–H groups in total. The second kappa shape index (κ2) is 6.62. The van der Waals surface area contributed by atoms with Gasteiger partial charge in [-0.15, -0.1) is 0 Å². The van der Waals surface area contributed by atoms with Gasteiger partial charge in [-0.05, 0) is 37.3 Å². The number of hydrogen-bond acceptors (Lipinski definition) is 4. The number of methoxy groups -OCH3 is 1. The average Bonchev–Trinajstić information content (AvgIpc) is 2.96. The average molecular weight is 310 g/mol. The number of carbonyl (C=O) groups is 1. The van der Waals surface area contributed by atoms with Crippen molar-refractivity contribution >= 4 is 22.7 Å². The summed E-state index contributed by atoms with van der Waals surface area (Å²) in [6.07, 6.45) is 0.321. The first-order valence-corrected chi connectivity index (χ1v) is 7.42. The van der Waals surface area contributed by atoms with Crippen LogP contribution in [0.2, 0.25) is 0 Å². The van der Waals surface area contributed by atoms with Crippen molar-refractivity contribution in [3.8, 4) is 11.5 Å². The highest BCUT2D eigenvalue weighted by Crippen LogP contribution is 2.26. The number of aromatic nitrogens is 1. The fourth-order valence-corrected chi connectivity index (χ4v) is 2.24. The molecule has 0 aliphatic heterocycles. The first-order valence-electron chi connectivity index (χ1n) is 7.42. The van der Waals surface area contributed by atoms with E-state index in [-0.39, 0.29) is 5.91 Å². The van der Waals surface area contributed by atoms with Gasteiger partial charge < -0.3 is 14.5 Å². The van der Waals surface area contributed by atoms with Gasteiger partial charge in [0.25, 0.3) is 0 Å². The molecule has 3 rings (SSSR count). The number of ether oxygens (including phenoxy) is 1. The number of nitrogens with zero attached hydrogens (tertiary/aromatic N) is 1. The summed E-state index contributed by atoms with van der Waals surface area (Å²) in [5.41, 5.74) is 4.21. The zero-order chi connectivity index (χ0) is 16.2. The first-order chi connectivity index (χ1) is 11.2. The number of fused-ring (bicyclic) bond motifs is 1. The molecular weight excluding hydrogens is 292 g/mol. The third-order valence-electron chi connectivity index (χ3n) is 3.50. The van der Waals surface area contributed by atoms with Gasteiger partial charge in [-0.25, -0.2) is 4.98 Å². The number of anilines is 1. The van der Waals surface area contributed by atoms with Gasteiger partial charge in [0.2, 0.25) is 11.8 Å². The van der Waals surface area contributed by atoms with Gasteiger partial charge in [0, 0.05) is 18.4 Å². The largest absolute Gasteiger partial charge is 0.436 e. The Kier molecular flexibility index (Phi) is 4.39. The second-order valence-corrected chi connectivity index (χ2v) is 5.36. The summed E-state index contributed by atoms with van der Waals surface area (Å²) >= 11 is 0. The molecule has 1 amide bonds. The maximum Gasteiger partial charge on any atom is 0.227 e. The van der Waals surface area contributed by atoms with Crippen LogP contribution < -0.4 is 5.32 Å². The smallest absolute Gasteiger partial charge is 0.227 e. The highest BCUT2D eigenvalue weighted by Gasteiger charge is 2.10. The minimum atomic E-state index is -0.0894. The van der Waals surface area contributed by atoms with Crippen molar-refractivity contribution in [1.29, 1.82) is 0 Å². The Bertz CT molecular complexity index is 822. The fourth-order valence-electron chi connectivity index (χ4n) is 2.24. The van der Waals surface area contributed by atoms with Crippen molar-refractivity contribution < 1.29 is 13.9 Å². The molecule has 0 aliphatic rings. The highest BCUT2D eigenvalue weighted by molar-refractivity contribution is 5.93. The summed E-state index contributed by atoms with van der Waals surface area (Å²) in [7, 11) is 1.57. The molecule has 0 atom stereocenters. The summed E-state index contributed by atoms with van der Waals surface area (Å²) in [5, 5.41) is 2.82. The van der Waals surface area contributed by atoms with E-state index in [4.69, 9.17) is 9.15 Å². The predicted molar refractivity (Wildman–Crippen MR) is 89.3 cm³/mol. The monoisotopic (exact) mass is 310 g/mol. The van der Waals surface area contributed by atoms with Crippen molar-refractivity contribution in [2.45, 2.75) is 13.3 Å². The standard InChI is InChI=1S/C18H18N2O3/c1-12-3-5-13(6-4-12)18-20-15-11-14(7-8-16(15)23-18)19-17(21)9-10-22-2/h3-8,11H,9-10H2,1-2H3,(H,19,21). The number of aryl methyl sites for hydroxylation is 1. The molecule has 0 bridgehead atoms. The molecule has 23 heavy (non-hydrogen) atoms. The Morgan fingerprint density at radius 3 is 2.74 bits per heavy atom. The van der Waals surface area contributed by atoms with E-state index in [9.17, 15) is 4.79 Å². The van der Waals surface area contributed by atoms with Gasteiger partial charge in [0.1, 0.15) is 5.52 Å². The third kappa shape index (κ3) is 3.57. The quantitative estimate of drug-likeness (QED) is 0.779. The second-order valence-electron chi connectivity index (χ2n) is 5.36. The molecule has 0 saturated carbocycles. The highest BCUT2D eigenvalue weighted by atomic mass is 16.5. The van der Waals surface area contributed by atoms with Crippen LogP contribution in [0.3, 0.4) is 0 Å². The molecule has 0 unspecified atom stereocenters. The Hall–Kier alpha value is -2.66. The van der Waals surface area contributed by atoms with Crippen molar-refractivity contribution in [2.75, 3.05) is 19.0 Å². The Morgan fingerprint density at radius 1 is 1.22 bits per heavy atom. The molecule has 0 fully saturated rings. The van der Waals surface area contributed by atoms with Crippen molar-refractivity contribution in [2.24, 2.45) is 0 Å². The van der Waals surface area contributed by atoms with Gasteiger partial charge in [-0.3, -0.25) is 4.79 Å². The maximum atomic E-state index is 11.7. The number of amides is 1. The zero-order valence-electron chi connectivity index (χ0n) is 13.1. The van der Waals surface area contributed by atoms with E-state index >= 15 is 0 Å². The van der Waals surface area contributed by atoms with Crippen molar-refractivity contribution in [3.05, 3.63) is 48.0 Å². The SMILES string of the molecule is COCCC(=O)Nc1ccc2oc(-c3ccc(C)cc3)nc2c1. The summed E-state index contributed by atoms with van der Waals surface area (Å²) in [4.78, 5) is 16.2. The number of hydrogen-bond donors (Lipinski definition) is 1. The van der Waals surface area contributed by atoms with Crippen LogP contribution in [0.1, 0.15) is 12.0 Å². The van der Waals surface area contributed by atoms with Gasteiger partial charge in [0.05, 0.1) is 13.0 Å². The minimum Gasteiger partial charge on any atom is -0.436 e. The summed E-state index contributed by atoms with van der Waals surface area (Å²) in [6.45, 7) is 2.43. The molecule has 0 spiro atoms. The molecule has 1 aromatic heterocycles. The first kappa shape index (κ1) is 15.2. The predicted octanol–water partition coefficient (Wildman–Crippen LogP) is 3.78. The van der Waals surface area contributed by atoms with E-state index in [0.29, 0.717) is 35.7 Å². The lowest BCUT2D eigenvalue weighted by Gasteiger charge is -2.03. The normalized spacial score (nSPS) is 10.9. The topological polar surface area (TPSA) is 64.4 Å². The van der Waals surface area contributed by atoms with Crippen LogP contribution in [0.4, 0.5) is 5.69 Å². The van der Waals surface area contributed by atoms with Crippen LogP contribution in [0.5, 0.6) is 0 Å². The lowest BCUT2D eigenvalue weighted by Crippen LogP contribution is -2.13. The number of benzene rings is 2. The zero-order valence-corrected chi connectivity index (χ0v) is 13.1. The Balaban J connectivity index is 1.83. The van der Waals surface area contributed by atoms with Crippen LogP contribution in [0, 0.1) is 6.92 Å². The lowest BCUT2D eigenvalue weighted by molar-refractivity contribution is -0.117. The van der Waals surface area contributed by atoms with Gasteiger partial charge in [0.15, 0.2) is 5.58 Å². The van der Waals surface area contributed by atoms with Crippen LogP contribution in [0.15, 0.2) is 46.9 Å². The number of rotatable bonds is 5. The van der Waals surface area contributed by atoms with Crippen molar-refractivity contribution in [1.82, 2.24) is 4.98 Å². The van der Waals surface area contributed by atoms with Crippen LogP contribution in [0.25, 0.3) is 22.6 Å². The minimum absolute atomic E-state index is 0.0894. The number of oxazole rings is 1. The van der Waals surface area contributed by atoms with Crippen LogP contribution in [-0.4, -0.2) is 24.6 Å². The molecule has 0 saturated heterocycles. The molecule has 3 aromatic rings. The third-order valence-corrected chi connectivity index (χ3v) is 3.50. The van der Waals surface area contributed by atoms with Crippen LogP contribution >= 0.6 is 0 Å². The number of carbonyl (C=O) groups excluding carboxylic acids is 1. The van der Waals surface area contributed by atoms with Gasteiger partial charge in [-0.1, -0.05) is 17.7 Å². The summed E-state index contributed by atoms with van der Waals surface area (Å²) in [6, 6.07) is 13.4. The maximum absolute atomic E-state index is 11.7. The Morgan fingerprint density at radius 2 is 2.00 bits per heavy atom. The molecule has 2 aromatic carbocycles. The molecule has 118 valence electrons. The van der Waals surface area contributed by atoms with Crippen molar-refractivity contribution in [3.63, 3.8) is 0 Å². The van der Waals surface area contributed by atoms with E-state index in [1.54, 1.807) is 19.2 Å². The van der Waals surface area contributed by atoms with E-state index in [1.165, 1.54) is 5.56 Å². The molecule has 5 heteroatoms. The molecule has 1 heterocycles. The van der Waals surface area contributed by atoms with Gasteiger partial charge in [-0.2, -0.15) is 0 Å². The fraction of sp³-hybridized carbons (Fsp3) is 0.222. The molecule has 5 nitrogen and oxygen atoms in total. The lowest BCUT2D eigenvalue weighted by atomic mass is 10.1. The van der Waals surface area contributed by atoms with Crippen LogP contribution in [-0.2, 0) is 9.53 Å². The Labute approximate surface area is 134 Å². The summed E-state index contributed by atoms with van der Waals surface area (Å²) < 4.78 is 10.7. The van der Waals surface area contributed by atoms with E-state index in [0.717, 1.165) is 5.56 Å². The van der Waals surface area contributed by atoms with E-state index in [1.807, 2.05) is 37.3 Å². The molecule has 0 radical (unpaired) electrons. The molecular formula is C18H18N2O3. The summed E-state index contributed by atoms with van der Waals surface area (Å²) in [5.74, 6) is 0.483. The van der Waals surface area contributed by atoms with E-state index < -0.39 is 0 Å².